The molecule has 8 heteroatoms. The summed E-state index contributed by atoms with van der Waals surface area (Å²) in [7, 11) is 0. The van der Waals surface area contributed by atoms with Crippen LogP contribution in [0.3, 0.4) is 0 Å². The van der Waals surface area contributed by atoms with Crippen LogP contribution in [0.4, 0.5) is 0 Å². The molecule has 29 heavy (non-hydrogen) atoms. The Labute approximate surface area is 166 Å². The molecule has 0 saturated heterocycles. The number of carbonyl (C=O) groups is 1. The van der Waals surface area contributed by atoms with Gasteiger partial charge < -0.3 is 19.5 Å². The lowest BCUT2D eigenvalue weighted by Crippen LogP contribution is -2.39. The summed E-state index contributed by atoms with van der Waals surface area (Å²) in [5.41, 5.74) is 4.94. The third-order valence-corrected chi connectivity index (χ3v) is 5.37. The van der Waals surface area contributed by atoms with Crippen molar-refractivity contribution < 1.29 is 14.4 Å². The number of aromatic amines is 1. The second-order valence-electron chi connectivity index (χ2n) is 7.36. The maximum Gasteiger partial charge on any atom is 0.258 e. The highest BCUT2D eigenvalue weighted by atomic mass is 16.5. The Bertz CT molecular complexity index is 1240. The zero-order chi connectivity index (χ0) is 20.1. The lowest BCUT2D eigenvalue weighted by atomic mass is 9.90. The van der Waals surface area contributed by atoms with Gasteiger partial charge in [0.1, 0.15) is 5.75 Å². The first-order valence-electron chi connectivity index (χ1n) is 9.35. The molecule has 4 heterocycles. The first-order chi connectivity index (χ1) is 14.0. The van der Waals surface area contributed by atoms with E-state index in [1.165, 1.54) is 0 Å². The number of rotatable bonds is 2. The average Bonchev–Trinajstić information content (AvgIpc) is 3.32. The molecule has 146 valence electrons. The third-order valence-electron chi connectivity index (χ3n) is 5.37. The van der Waals surface area contributed by atoms with E-state index in [1.54, 1.807) is 42.4 Å². The van der Waals surface area contributed by atoms with Gasteiger partial charge in [-0.15, -0.1) is 0 Å². The Hall–Kier alpha value is -3.68. The molecule has 0 fully saturated rings. The number of nitrogens with one attached hydrogen (secondary N) is 1. The predicted octanol–water partition coefficient (Wildman–Crippen LogP) is 3.06. The summed E-state index contributed by atoms with van der Waals surface area (Å²) in [6, 6.07) is 8.87. The summed E-state index contributed by atoms with van der Waals surface area (Å²) in [6.07, 6.45) is 1.65. The summed E-state index contributed by atoms with van der Waals surface area (Å²) in [5.74, 6) is -0.0603. The first kappa shape index (κ1) is 17.4. The number of hydrogen-bond acceptors (Lipinski definition) is 6. The second-order valence-corrected chi connectivity index (χ2v) is 7.36. The number of aromatic nitrogens is 4. The number of phenolic OH excluding ortho intramolecular Hbond substituents is 1. The number of aryl methyl sites for hydroxylation is 2. The molecule has 1 amide bonds. The smallest absolute Gasteiger partial charge is 0.258 e. The molecule has 1 atom stereocenters. The third kappa shape index (κ3) is 2.84. The van der Waals surface area contributed by atoms with E-state index in [-0.39, 0.29) is 17.6 Å². The highest BCUT2D eigenvalue weighted by Gasteiger charge is 2.33. The Kier molecular flexibility index (Phi) is 3.87. The fourth-order valence-corrected chi connectivity index (χ4v) is 4.04. The lowest BCUT2D eigenvalue weighted by Gasteiger charge is -2.32. The molecule has 0 saturated carbocycles. The van der Waals surface area contributed by atoms with E-state index in [1.807, 2.05) is 13.0 Å². The quantitative estimate of drug-likeness (QED) is 0.545. The molecule has 0 bridgehead atoms. The maximum atomic E-state index is 13.5. The molecule has 0 spiro atoms. The number of pyridine rings is 1. The number of imidazole rings is 1. The van der Waals surface area contributed by atoms with Crippen LogP contribution in [0.5, 0.6) is 5.75 Å². The van der Waals surface area contributed by atoms with Crippen LogP contribution in [0.2, 0.25) is 0 Å². The largest absolute Gasteiger partial charge is 0.508 e. The lowest BCUT2D eigenvalue weighted by molar-refractivity contribution is 0.0723. The molecule has 1 aliphatic heterocycles. The molecular weight excluding hydrogens is 370 g/mol. The minimum atomic E-state index is -0.136. The van der Waals surface area contributed by atoms with Crippen LogP contribution in [0, 0.1) is 13.8 Å². The Morgan fingerprint density at radius 3 is 3.00 bits per heavy atom. The van der Waals surface area contributed by atoms with E-state index in [9.17, 15) is 9.90 Å². The molecule has 0 aliphatic carbocycles. The average molecular weight is 389 g/mol. The van der Waals surface area contributed by atoms with Crippen LogP contribution in [0.15, 0.2) is 41.2 Å². The van der Waals surface area contributed by atoms with Gasteiger partial charge >= 0.3 is 0 Å². The van der Waals surface area contributed by atoms with Crippen molar-refractivity contribution in [2.24, 2.45) is 0 Å². The molecule has 4 aromatic rings. The van der Waals surface area contributed by atoms with Gasteiger partial charge in [0.05, 0.1) is 40.9 Å². The van der Waals surface area contributed by atoms with Gasteiger partial charge in [-0.05, 0) is 37.6 Å². The zero-order valence-corrected chi connectivity index (χ0v) is 16.0. The molecule has 1 unspecified atom stereocenters. The van der Waals surface area contributed by atoms with Crippen LogP contribution < -0.4 is 0 Å². The summed E-state index contributed by atoms with van der Waals surface area (Å²) in [4.78, 5) is 27.3. The highest BCUT2D eigenvalue weighted by Crippen LogP contribution is 2.34. The molecule has 8 nitrogen and oxygen atoms in total. The van der Waals surface area contributed by atoms with E-state index in [0.29, 0.717) is 41.1 Å². The van der Waals surface area contributed by atoms with Crippen molar-refractivity contribution in [2.45, 2.75) is 26.3 Å². The van der Waals surface area contributed by atoms with Crippen LogP contribution in [-0.2, 0) is 6.54 Å². The standard InChI is InChI=1S/C21H19N5O3/c1-11-6-15(18-12(2)25-29-20(18)24-11)21(28)26-8-16(13-4-3-5-14(27)7-13)19-17(9-26)22-10-23-19/h3-7,10,16,27H,8-9H2,1-2H3,(H,22,23). The van der Waals surface area contributed by atoms with E-state index >= 15 is 0 Å². The number of aromatic hydroxyl groups is 1. The predicted molar refractivity (Wildman–Crippen MR) is 105 cm³/mol. The van der Waals surface area contributed by atoms with E-state index < -0.39 is 0 Å². The van der Waals surface area contributed by atoms with E-state index in [2.05, 4.69) is 20.1 Å². The Morgan fingerprint density at radius 1 is 1.31 bits per heavy atom. The van der Waals surface area contributed by atoms with Gasteiger partial charge in [0.25, 0.3) is 11.6 Å². The van der Waals surface area contributed by atoms with Crippen molar-refractivity contribution in [1.29, 1.82) is 0 Å². The second kappa shape index (κ2) is 6.44. The van der Waals surface area contributed by atoms with Crippen molar-refractivity contribution >= 4 is 17.0 Å². The minimum Gasteiger partial charge on any atom is -0.508 e. The topological polar surface area (TPSA) is 108 Å². The normalized spacial score (nSPS) is 16.2. The number of H-pyrrole nitrogens is 1. The highest BCUT2D eigenvalue weighted by molar-refractivity contribution is 6.06. The number of carbonyl (C=O) groups excluding carboxylic acids is 1. The van der Waals surface area contributed by atoms with Crippen LogP contribution in [0.25, 0.3) is 11.1 Å². The summed E-state index contributed by atoms with van der Waals surface area (Å²) in [5, 5.41) is 14.5. The van der Waals surface area contributed by atoms with Gasteiger partial charge in [0, 0.05) is 18.2 Å². The molecule has 0 radical (unpaired) electrons. The van der Waals surface area contributed by atoms with Gasteiger partial charge in [-0.2, -0.15) is 0 Å². The van der Waals surface area contributed by atoms with E-state index in [4.69, 9.17) is 4.52 Å². The molecule has 1 aromatic carbocycles. The van der Waals surface area contributed by atoms with Crippen LogP contribution in [-0.4, -0.2) is 42.6 Å². The van der Waals surface area contributed by atoms with Crippen LogP contribution in [0.1, 0.15) is 44.6 Å². The molecular formula is C21H19N5O3. The number of nitrogens with zero attached hydrogens (tertiary/aromatic N) is 4. The first-order valence-corrected chi connectivity index (χ1v) is 9.35. The summed E-state index contributed by atoms with van der Waals surface area (Å²) in [6.45, 7) is 4.51. The van der Waals surface area contributed by atoms with Crippen molar-refractivity contribution in [3.8, 4) is 5.75 Å². The van der Waals surface area contributed by atoms with Crippen molar-refractivity contribution in [3.63, 3.8) is 0 Å². The van der Waals surface area contributed by atoms with E-state index in [0.717, 1.165) is 17.0 Å². The number of phenols is 1. The van der Waals surface area contributed by atoms with Crippen LogP contribution >= 0.6 is 0 Å². The fraction of sp³-hybridized carbons (Fsp3) is 0.238. The van der Waals surface area contributed by atoms with Gasteiger partial charge in [-0.25, -0.2) is 9.97 Å². The van der Waals surface area contributed by atoms with Crippen molar-refractivity contribution in [1.82, 2.24) is 25.0 Å². The summed E-state index contributed by atoms with van der Waals surface area (Å²) < 4.78 is 5.28. The van der Waals surface area contributed by atoms with Crippen molar-refractivity contribution in [2.75, 3.05) is 6.54 Å². The van der Waals surface area contributed by atoms with Gasteiger partial charge in [-0.3, -0.25) is 4.79 Å². The molecule has 1 aliphatic rings. The van der Waals surface area contributed by atoms with Gasteiger partial charge in [0.2, 0.25) is 0 Å². The molecule has 5 rings (SSSR count). The molecule has 3 aromatic heterocycles. The maximum absolute atomic E-state index is 13.5. The number of amides is 1. The number of fused-ring (bicyclic) bond motifs is 2. The fourth-order valence-electron chi connectivity index (χ4n) is 4.04. The van der Waals surface area contributed by atoms with Crippen molar-refractivity contribution in [3.05, 3.63) is 70.6 Å². The van der Waals surface area contributed by atoms with Gasteiger partial charge in [0.15, 0.2) is 0 Å². The number of benzene rings is 1. The minimum absolute atomic E-state index is 0.114. The monoisotopic (exact) mass is 389 g/mol. The SMILES string of the molecule is Cc1cc(C(=O)N2Cc3[nH]cnc3C(c3cccc(O)c3)C2)c2c(C)noc2n1. The Balaban J connectivity index is 1.58. The molecule has 2 N–H and O–H groups in total. The Morgan fingerprint density at radius 2 is 2.17 bits per heavy atom. The number of hydrogen-bond donors (Lipinski definition) is 2. The zero-order valence-electron chi connectivity index (χ0n) is 16.0. The van der Waals surface area contributed by atoms with Gasteiger partial charge in [-0.1, -0.05) is 17.3 Å². The summed E-state index contributed by atoms with van der Waals surface area (Å²) >= 11 is 0.